The van der Waals surface area contributed by atoms with Crippen LogP contribution in [0.1, 0.15) is 259 Å². The summed E-state index contributed by atoms with van der Waals surface area (Å²) in [7, 11) is 0. The number of ether oxygens (including phenoxy) is 2. The lowest BCUT2D eigenvalue weighted by Gasteiger charge is -2.29. The van der Waals surface area contributed by atoms with Gasteiger partial charge in [-0.2, -0.15) is 0 Å². The third kappa shape index (κ3) is 36.7. The number of rotatable bonds is 44. The molecular weight excluding hydrogens is 655 g/mol. The highest BCUT2D eigenvalue weighted by Gasteiger charge is 2.27. The van der Waals surface area contributed by atoms with E-state index in [1.807, 2.05) is 0 Å². The first-order chi connectivity index (χ1) is 25.9. The zero-order valence-electron chi connectivity index (χ0n) is 37.0. The Morgan fingerprint density at radius 1 is 0.509 bits per heavy atom. The van der Waals surface area contributed by atoms with E-state index in [1.54, 1.807) is 0 Å². The van der Waals surface area contributed by atoms with Gasteiger partial charge in [-0.3, -0.25) is 4.79 Å². The Morgan fingerprint density at radius 2 is 0.943 bits per heavy atom. The quantitative estimate of drug-likeness (QED) is 0.0496. The van der Waals surface area contributed by atoms with Crippen LogP contribution < -0.4 is 0 Å². The van der Waals surface area contributed by atoms with E-state index in [4.69, 9.17) is 9.47 Å². The van der Waals surface area contributed by atoms with Crippen molar-refractivity contribution in [3.05, 3.63) is 0 Å². The van der Waals surface area contributed by atoms with Gasteiger partial charge >= 0.3 is 5.97 Å². The number of carbonyl (C=O) groups is 1. The van der Waals surface area contributed by atoms with Gasteiger partial charge in [0.15, 0.2) is 0 Å². The van der Waals surface area contributed by atoms with Gasteiger partial charge in [0.2, 0.25) is 0 Å². The van der Waals surface area contributed by atoms with Gasteiger partial charge in [-0.05, 0) is 77.8 Å². The summed E-state index contributed by atoms with van der Waals surface area (Å²) in [6.45, 7) is 15.4. The van der Waals surface area contributed by atoms with Gasteiger partial charge in [-0.15, -0.1) is 0 Å². The van der Waals surface area contributed by atoms with Crippen molar-refractivity contribution in [3.63, 3.8) is 0 Å². The Labute approximate surface area is 333 Å². The van der Waals surface area contributed by atoms with Crippen LogP contribution in [-0.2, 0) is 14.3 Å². The second-order valence-corrected chi connectivity index (χ2v) is 17.0. The average molecular weight is 752 g/mol. The monoisotopic (exact) mass is 752 g/mol. The molecule has 5 nitrogen and oxygen atoms in total. The van der Waals surface area contributed by atoms with Crippen molar-refractivity contribution in [2.24, 2.45) is 0 Å². The highest BCUT2D eigenvalue weighted by Crippen LogP contribution is 2.27. The standard InChI is InChI=1S/C48H97NO4/c1-6-10-13-16-22-29-36-46(37-30-23-17-14-11-7-2)52-45-35-28-20-19-26-33-41-49(43-44-50)42-34-27-21-24-31-38-47(51)53-48(5,39-9-4)40-32-25-18-15-12-8-3/h46,50H,6-45H2,1-5H3. The van der Waals surface area contributed by atoms with Gasteiger partial charge in [-0.25, -0.2) is 0 Å². The van der Waals surface area contributed by atoms with Crippen molar-refractivity contribution >= 4 is 5.97 Å². The lowest BCUT2D eigenvalue weighted by molar-refractivity contribution is -0.159. The summed E-state index contributed by atoms with van der Waals surface area (Å²) in [5.74, 6) is 0.000585. The largest absolute Gasteiger partial charge is 0.459 e. The zero-order chi connectivity index (χ0) is 38.9. The van der Waals surface area contributed by atoms with Crippen LogP contribution in [0.4, 0.5) is 0 Å². The van der Waals surface area contributed by atoms with Crippen molar-refractivity contribution in [3.8, 4) is 0 Å². The van der Waals surface area contributed by atoms with Gasteiger partial charge in [0.1, 0.15) is 5.60 Å². The maximum Gasteiger partial charge on any atom is 0.306 e. The SMILES string of the molecule is CCCCCCCCC(CCCCCCCC)OCCCCCCCCN(CCO)CCCCCCCC(=O)OC(C)(CCC)CCCCCCCC. The lowest BCUT2D eigenvalue weighted by atomic mass is 9.92. The Kier molecular flexibility index (Phi) is 40.5. The molecule has 1 N–H and O–H groups in total. The van der Waals surface area contributed by atoms with E-state index >= 15 is 0 Å². The number of carbonyl (C=O) groups excluding carboxylic acids is 1. The third-order valence-electron chi connectivity index (χ3n) is 11.5. The molecule has 1 atom stereocenters. The second-order valence-electron chi connectivity index (χ2n) is 17.0. The molecule has 0 fully saturated rings. The minimum Gasteiger partial charge on any atom is -0.459 e. The molecule has 5 heteroatoms. The summed E-state index contributed by atoms with van der Waals surface area (Å²) in [5, 5.41) is 9.61. The molecule has 0 aromatic rings. The third-order valence-corrected chi connectivity index (χ3v) is 11.5. The van der Waals surface area contributed by atoms with Crippen LogP contribution in [0.2, 0.25) is 0 Å². The predicted octanol–water partition coefficient (Wildman–Crippen LogP) is 14.7. The van der Waals surface area contributed by atoms with E-state index in [1.165, 1.54) is 180 Å². The first kappa shape index (κ1) is 52.3. The molecule has 0 aromatic carbocycles. The molecule has 0 aliphatic carbocycles. The van der Waals surface area contributed by atoms with E-state index in [0.29, 0.717) is 12.5 Å². The molecule has 0 saturated carbocycles. The Hall–Kier alpha value is -0.650. The molecule has 0 amide bonds. The lowest BCUT2D eigenvalue weighted by Crippen LogP contribution is -2.31. The van der Waals surface area contributed by atoms with Crippen LogP contribution in [0, 0.1) is 0 Å². The predicted molar refractivity (Wildman–Crippen MR) is 232 cm³/mol. The minimum atomic E-state index is -0.287. The van der Waals surface area contributed by atoms with E-state index in [-0.39, 0.29) is 18.2 Å². The highest BCUT2D eigenvalue weighted by molar-refractivity contribution is 5.69. The molecule has 0 saturated heterocycles. The van der Waals surface area contributed by atoms with E-state index in [9.17, 15) is 9.90 Å². The number of hydrogen-bond acceptors (Lipinski definition) is 5. The van der Waals surface area contributed by atoms with Crippen LogP contribution >= 0.6 is 0 Å². The zero-order valence-corrected chi connectivity index (χ0v) is 37.0. The van der Waals surface area contributed by atoms with Gasteiger partial charge in [0, 0.05) is 19.6 Å². The summed E-state index contributed by atoms with van der Waals surface area (Å²) < 4.78 is 12.5. The van der Waals surface area contributed by atoms with Crippen LogP contribution in [0.15, 0.2) is 0 Å². The molecule has 1 unspecified atom stereocenters. The Bertz CT molecular complexity index is 716. The molecule has 0 aromatic heterocycles. The molecule has 318 valence electrons. The molecule has 0 radical (unpaired) electrons. The summed E-state index contributed by atoms with van der Waals surface area (Å²) in [6, 6.07) is 0. The van der Waals surface area contributed by atoms with E-state index in [2.05, 4.69) is 39.5 Å². The van der Waals surface area contributed by atoms with Crippen molar-refractivity contribution in [1.82, 2.24) is 4.90 Å². The van der Waals surface area contributed by atoms with E-state index < -0.39 is 0 Å². The molecule has 0 aliphatic rings. The Balaban J connectivity index is 4.04. The highest BCUT2D eigenvalue weighted by atomic mass is 16.6. The maximum atomic E-state index is 12.7. The fraction of sp³-hybridized carbons (Fsp3) is 0.979. The number of unbranched alkanes of at least 4 members (excludes halogenated alkanes) is 24. The number of nitrogens with zero attached hydrogens (tertiary/aromatic N) is 1. The minimum absolute atomic E-state index is 0.000585. The van der Waals surface area contributed by atoms with Crippen LogP contribution in [0.5, 0.6) is 0 Å². The fourth-order valence-electron chi connectivity index (χ4n) is 7.98. The van der Waals surface area contributed by atoms with Crippen LogP contribution in [0.3, 0.4) is 0 Å². The molecular formula is C48H97NO4. The van der Waals surface area contributed by atoms with Crippen LogP contribution in [-0.4, -0.2) is 60.5 Å². The van der Waals surface area contributed by atoms with Gasteiger partial charge in [0.05, 0.1) is 12.7 Å². The molecule has 0 aliphatic heterocycles. The van der Waals surface area contributed by atoms with Gasteiger partial charge < -0.3 is 19.5 Å². The summed E-state index contributed by atoms with van der Waals surface area (Å²) >= 11 is 0. The van der Waals surface area contributed by atoms with E-state index in [0.717, 1.165) is 64.8 Å². The number of esters is 1. The van der Waals surface area contributed by atoms with Crippen molar-refractivity contribution in [2.75, 3.05) is 32.8 Å². The first-order valence-corrected chi connectivity index (χ1v) is 24.1. The van der Waals surface area contributed by atoms with Crippen molar-refractivity contribution < 1.29 is 19.4 Å². The fourth-order valence-corrected chi connectivity index (χ4v) is 7.98. The maximum absolute atomic E-state index is 12.7. The Morgan fingerprint density at radius 3 is 1.43 bits per heavy atom. The average Bonchev–Trinajstić information content (AvgIpc) is 3.14. The topological polar surface area (TPSA) is 59.0 Å². The van der Waals surface area contributed by atoms with Crippen molar-refractivity contribution in [2.45, 2.75) is 271 Å². The first-order valence-electron chi connectivity index (χ1n) is 24.1. The summed E-state index contributed by atoms with van der Waals surface area (Å²) in [5.41, 5.74) is -0.287. The van der Waals surface area contributed by atoms with Crippen LogP contribution in [0.25, 0.3) is 0 Å². The van der Waals surface area contributed by atoms with Crippen molar-refractivity contribution in [1.29, 1.82) is 0 Å². The molecule has 0 bridgehead atoms. The molecule has 0 spiro atoms. The number of aliphatic hydroxyl groups is 1. The molecule has 53 heavy (non-hydrogen) atoms. The van der Waals surface area contributed by atoms with Gasteiger partial charge in [0.25, 0.3) is 0 Å². The normalized spacial score (nSPS) is 13.0. The number of aliphatic hydroxyl groups excluding tert-OH is 1. The van der Waals surface area contributed by atoms with Gasteiger partial charge in [-0.1, -0.05) is 188 Å². The molecule has 0 rings (SSSR count). The molecule has 0 heterocycles. The summed E-state index contributed by atoms with van der Waals surface area (Å²) in [6.07, 6.45) is 43.9. The number of hydrogen-bond donors (Lipinski definition) is 1. The smallest absolute Gasteiger partial charge is 0.306 e. The summed E-state index contributed by atoms with van der Waals surface area (Å²) in [4.78, 5) is 15.1. The second kappa shape index (κ2) is 41.0.